The Kier molecular flexibility index (Phi) is 3.82. The Morgan fingerprint density at radius 3 is 2.65 bits per heavy atom. The molecule has 2 atom stereocenters. The zero-order valence-electron chi connectivity index (χ0n) is 11.0. The number of nitrogens with zero attached hydrogens (tertiary/aromatic N) is 2. The molecule has 4 nitrogen and oxygen atoms in total. The van der Waals surface area contributed by atoms with E-state index in [2.05, 4.69) is 34.4 Å². The smallest absolute Gasteiger partial charge is 0.133 e. The highest BCUT2D eigenvalue weighted by atomic mass is 15.1. The fraction of sp³-hybridized carbons (Fsp3) is 0.692. The first kappa shape index (κ1) is 12.1. The van der Waals surface area contributed by atoms with Crippen molar-refractivity contribution < 1.29 is 0 Å². The van der Waals surface area contributed by atoms with Crippen LogP contribution in [0.3, 0.4) is 0 Å². The molecule has 94 valence electrons. The van der Waals surface area contributed by atoms with E-state index in [9.17, 15) is 0 Å². The summed E-state index contributed by atoms with van der Waals surface area (Å²) in [7, 11) is 1.90. The number of hydrogen-bond donors (Lipinski definition) is 2. The highest BCUT2D eigenvalue weighted by molar-refractivity contribution is 5.48. The molecule has 1 saturated carbocycles. The molecule has 0 aromatic carbocycles. The van der Waals surface area contributed by atoms with Crippen LogP contribution in [0, 0.1) is 5.92 Å². The van der Waals surface area contributed by atoms with Gasteiger partial charge in [-0.25, -0.2) is 9.97 Å². The zero-order valence-corrected chi connectivity index (χ0v) is 11.0. The number of aromatic nitrogens is 2. The summed E-state index contributed by atoms with van der Waals surface area (Å²) < 4.78 is 0. The molecule has 1 fully saturated rings. The van der Waals surface area contributed by atoms with Gasteiger partial charge in [0.15, 0.2) is 0 Å². The normalized spacial score (nSPS) is 22.3. The summed E-state index contributed by atoms with van der Waals surface area (Å²) in [6, 6.07) is 2.61. The van der Waals surface area contributed by atoms with Gasteiger partial charge in [0, 0.05) is 25.6 Å². The Balaban J connectivity index is 2.07. The molecule has 0 aliphatic heterocycles. The molecule has 0 radical (unpaired) electrons. The van der Waals surface area contributed by atoms with Crippen LogP contribution in [0.2, 0.25) is 0 Å². The second-order valence-electron chi connectivity index (χ2n) is 4.71. The summed E-state index contributed by atoms with van der Waals surface area (Å²) in [6.45, 7) is 4.39. The zero-order chi connectivity index (χ0) is 12.3. The van der Waals surface area contributed by atoms with E-state index in [4.69, 9.17) is 0 Å². The van der Waals surface area contributed by atoms with Gasteiger partial charge in [0.1, 0.15) is 17.5 Å². The third-order valence-corrected chi connectivity index (χ3v) is 3.28. The Morgan fingerprint density at radius 2 is 2.06 bits per heavy atom. The minimum Gasteiger partial charge on any atom is -0.373 e. The summed E-state index contributed by atoms with van der Waals surface area (Å²) in [5.74, 6) is 3.63. The molecule has 1 aliphatic carbocycles. The van der Waals surface area contributed by atoms with Crippen LogP contribution >= 0.6 is 0 Å². The minimum absolute atomic E-state index is 0.620. The van der Waals surface area contributed by atoms with E-state index in [0.717, 1.165) is 36.2 Å². The Bertz CT molecular complexity index is 378. The predicted octanol–water partition coefficient (Wildman–Crippen LogP) is 2.68. The van der Waals surface area contributed by atoms with Crippen molar-refractivity contribution in [1.82, 2.24) is 9.97 Å². The molecule has 2 unspecified atom stereocenters. The third-order valence-electron chi connectivity index (χ3n) is 3.28. The van der Waals surface area contributed by atoms with Gasteiger partial charge in [-0.05, 0) is 18.8 Å². The largest absolute Gasteiger partial charge is 0.373 e. The van der Waals surface area contributed by atoms with Crippen molar-refractivity contribution in [2.75, 3.05) is 17.7 Å². The molecule has 1 aromatic heterocycles. The molecule has 2 N–H and O–H groups in total. The summed E-state index contributed by atoms with van der Waals surface area (Å²) >= 11 is 0. The van der Waals surface area contributed by atoms with Crippen molar-refractivity contribution in [3.8, 4) is 0 Å². The van der Waals surface area contributed by atoms with Crippen molar-refractivity contribution in [3.63, 3.8) is 0 Å². The van der Waals surface area contributed by atoms with E-state index in [1.165, 1.54) is 12.8 Å². The number of aryl methyl sites for hydroxylation is 1. The van der Waals surface area contributed by atoms with E-state index in [1.54, 1.807) is 0 Å². The van der Waals surface area contributed by atoms with Crippen LogP contribution in [0.1, 0.15) is 38.9 Å². The quantitative estimate of drug-likeness (QED) is 0.794. The molecular formula is C13H22N4. The fourth-order valence-electron chi connectivity index (χ4n) is 2.10. The average molecular weight is 234 g/mol. The van der Waals surface area contributed by atoms with Crippen LogP contribution in [0.5, 0.6) is 0 Å². The van der Waals surface area contributed by atoms with E-state index in [1.807, 2.05) is 13.1 Å². The Morgan fingerprint density at radius 1 is 1.29 bits per heavy atom. The van der Waals surface area contributed by atoms with Crippen molar-refractivity contribution in [2.24, 2.45) is 5.92 Å². The van der Waals surface area contributed by atoms with E-state index < -0.39 is 0 Å². The van der Waals surface area contributed by atoms with Gasteiger partial charge in [-0.1, -0.05) is 20.3 Å². The maximum absolute atomic E-state index is 4.56. The molecule has 4 heteroatoms. The van der Waals surface area contributed by atoms with Gasteiger partial charge >= 0.3 is 0 Å². The van der Waals surface area contributed by atoms with E-state index >= 15 is 0 Å². The first-order valence-corrected chi connectivity index (χ1v) is 6.59. The number of anilines is 2. The minimum atomic E-state index is 0.620. The number of nitrogens with one attached hydrogen (secondary N) is 2. The lowest BCUT2D eigenvalue weighted by Gasteiger charge is -2.09. The Hall–Kier alpha value is -1.32. The maximum atomic E-state index is 4.56. The molecule has 1 heterocycles. The molecule has 17 heavy (non-hydrogen) atoms. The van der Waals surface area contributed by atoms with Gasteiger partial charge in [-0.15, -0.1) is 0 Å². The van der Waals surface area contributed by atoms with Crippen LogP contribution in [-0.2, 0) is 6.42 Å². The molecule has 1 aromatic rings. The highest BCUT2D eigenvalue weighted by Crippen LogP contribution is 2.35. The van der Waals surface area contributed by atoms with Crippen LogP contribution in [-0.4, -0.2) is 23.1 Å². The van der Waals surface area contributed by atoms with Crippen molar-refractivity contribution in [3.05, 3.63) is 11.9 Å². The molecule has 0 bridgehead atoms. The fourth-order valence-corrected chi connectivity index (χ4v) is 2.10. The van der Waals surface area contributed by atoms with Crippen LogP contribution in [0.25, 0.3) is 0 Å². The van der Waals surface area contributed by atoms with E-state index in [0.29, 0.717) is 6.04 Å². The molecular weight excluding hydrogens is 212 g/mol. The van der Waals surface area contributed by atoms with Gasteiger partial charge in [0.05, 0.1) is 0 Å². The first-order chi connectivity index (χ1) is 8.26. The van der Waals surface area contributed by atoms with Gasteiger partial charge in [-0.2, -0.15) is 0 Å². The first-order valence-electron chi connectivity index (χ1n) is 6.59. The maximum Gasteiger partial charge on any atom is 0.133 e. The third kappa shape index (κ3) is 3.08. The van der Waals surface area contributed by atoms with Gasteiger partial charge in [0.25, 0.3) is 0 Å². The second-order valence-corrected chi connectivity index (χ2v) is 4.71. The van der Waals surface area contributed by atoms with Crippen LogP contribution in [0.4, 0.5) is 11.6 Å². The van der Waals surface area contributed by atoms with Crippen LogP contribution < -0.4 is 10.6 Å². The summed E-state index contributed by atoms with van der Waals surface area (Å²) in [5, 5.41) is 6.59. The van der Waals surface area contributed by atoms with Gasteiger partial charge in [0.2, 0.25) is 0 Å². The van der Waals surface area contributed by atoms with Gasteiger partial charge < -0.3 is 10.6 Å². The second kappa shape index (κ2) is 5.34. The lowest BCUT2D eigenvalue weighted by Crippen LogP contribution is -2.09. The molecule has 0 spiro atoms. The van der Waals surface area contributed by atoms with Crippen LogP contribution in [0.15, 0.2) is 6.07 Å². The van der Waals surface area contributed by atoms with Crippen molar-refractivity contribution in [2.45, 2.75) is 45.6 Å². The van der Waals surface area contributed by atoms with Crippen molar-refractivity contribution in [1.29, 1.82) is 0 Å². The monoisotopic (exact) mass is 234 g/mol. The standard InChI is InChI=1S/C13H22N4/c1-4-6-11-16-12(14-3)8-13(17-11)15-10-7-9(10)5-2/h8-10H,4-7H2,1-3H3,(H2,14,15,16,17). The van der Waals surface area contributed by atoms with E-state index in [-0.39, 0.29) is 0 Å². The van der Waals surface area contributed by atoms with Gasteiger partial charge in [-0.3, -0.25) is 0 Å². The molecule has 2 rings (SSSR count). The average Bonchev–Trinajstić information content (AvgIpc) is 3.07. The predicted molar refractivity (Wildman–Crippen MR) is 71.4 cm³/mol. The lowest BCUT2D eigenvalue weighted by atomic mass is 10.3. The molecule has 0 saturated heterocycles. The Labute approximate surface area is 103 Å². The molecule has 0 amide bonds. The summed E-state index contributed by atoms with van der Waals surface area (Å²) in [6.07, 6.45) is 4.54. The SMILES string of the molecule is CCCc1nc(NC)cc(NC2CC2CC)n1. The lowest BCUT2D eigenvalue weighted by molar-refractivity contribution is 0.771. The topological polar surface area (TPSA) is 49.8 Å². The summed E-state index contributed by atoms with van der Waals surface area (Å²) in [5.41, 5.74) is 0. The highest BCUT2D eigenvalue weighted by Gasteiger charge is 2.35. The number of hydrogen-bond acceptors (Lipinski definition) is 4. The summed E-state index contributed by atoms with van der Waals surface area (Å²) in [4.78, 5) is 9.00. The molecule has 1 aliphatic rings. The number of rotatable bonds is 6. The van der Waals surface area contributed by atoms with Crippen molar-refractivity contribution >= 4 is 11.6 Å².